The average molecular weight is 220 g/mol. The van der Waals surface area contributed by atoms with Gasteiger partial charge in [-0.05, 0) is 31.1 Å². The van der Waals surface area contributed by atoms with Gasteiger partial charge in [0, 0.05) is 0 Å². The van der Waals surface area contributed by atoms with E-state index in [0.717, 1.165) is 6.42 Å². The fourth-order valence-corrected chi connectivity index (χ4v) is 4.49. The van der Waals surface area contributed by atoms with Crippen LogP contribution in [-0.4, -0.2) is 31.1 Å². The number of hydrogen-bond acceptors (Lipinski definition) is 3. The molecule has 0 aliphatic carbocycles. The first-order chi connectivity index (χ1) is 6.33. The number of rotatable bonds is 3. The van der Waals surface area contributed by atoms with Crippen LogP contribution in [0.5, 0.6) is 0 Å². The summed E-state index contributed by atoms with van der Waals surface area (Å²) < 4.78 is 22.6. The molecular weight excluding hydrogens is 200 g/mol. The number of aliphatic hydroxyl groups excluding tert-OH is 1. The smallest absolute Gasteiger partial charge is 0.150 e. The summed E-state index contributed by atoms with van der Waals surface area (Å²) in [7, 11) is -2.82. The normalized spacial score (nSPS) is 30.5. The van der Waals surface area contributed by atoms with Gasteiger partial charge in [0.05, 0.1) is 17.6 Å². The molecule has 0 bridgehead atoms. The minimum atomic E-state index is -2.82. The maximum absolute atomic E-state index is 11.3. The summed E-state index contributed by atoms with van der Waals surface area (Å²) >= 11 is 0. The zero-order valence-corrected chi connectivity index (χ0v) is 9.92. The molecule has 1 aliphatic heterocycles. The second-order valence-electron chi connectivity index (χ2n) is 4.73. The Morgan fingerprint density at radius 3 is 2.14 bits per heavy atom. The second kappa shape index (κ2) is 4.19. The summed E-state index contributed by atoms with van der Waals surface area (Å²) in [5.74, 6) is 1.18. The predicted molar refractivity (Wildman–Crippen MR) is 56.8 cm³/mol. The van der Waals surface area contributed by atoms with E-state index in [1.54, 1.807) is 6.92 Å². The first kappa shape index (κ1) is 12.0. The van der Waals surface area contributed by atoms with Gasteiger partial charge < -0.3 is 5.11 Å². The largest absolute Gasteiger partial charge is 0.393 e. The van der Waals surface area contributed by atoms with E-state index in [0.29, 0.717) is 11.7 Å². The third-order valence-corrected chi connectivity index (χ3v) is 4.93. The number of sulfone groups is 1. The summed E-state index contributed by atoms with van der Waals surface area (Å²) in [6, 6.07) is 0. The molecule has 0 saturated carbocycles. The molecule has 1 heterocycles. The number of hydrogen-bond donors (Lipinski definition) is 1. The zero-order valence-electron chi connectivity index (χ0n) is 9.10. The molecule has 4 heteroatoms. The van der Waals surface area contributed by atoms with E-state index in [2.05, 4.69) is 0 Å². The zero-order chi connectivity index (χ0) is 10.9. The van der Waals surface area contributed by atoms with Crippen molar-refractivity contribution in [2.45, 2.75) is 33.3 Å². The topological polar surface area (TPSA) is 54.4 Å². The van der Waals surface area contributed by atoms with Gasteiger partial charge in [-0.2, -0.15) is 0 Å². The lowest BCUT2D eigenvalue weighted by atomic mass is 9.79. The summed E-state index contributed by atoms with van der Waals surface area (Å²) in [6.45, 7) is 5.85. The van der Waals surface area contributed by atoms with Crippen molar-refractivity contribution in [1.82, 2.24) is 0 Å². The van der Waals surface area contributed by atoms with Crippen LogP contribution in [0.1, 0.15) is 27.2 Å². The molecule has 84 valence electrons. The minimum Gasteiger partial charge on any atom is -0.393 e. The fraction of sp³-hybridized carbons (Fsp3) is 1.00. The van der Waals surface area contributed by atoms with Crippen molar-refractivity contribution in [1.29, 1.82) is 0 Å². The van der Waals surface area contributed by atoms with Crippen molar-refractivity contribution in [3.8, 4) is 0 Å². The first-order valence-electron chi connectivity index (χ1n) is 5.22. The highest BCUT2D eigenvalue weighted by atomic mass is 32.2. The van der Waals surface area contributed by atoms with Crippen LogP contribution in [0.15, 0.2) is 0 Å². The van der Waals surface area contributed by atoms with Crippen LogP contribution in [0.3, 0.4) is 0 Å². The Balaban J connectivity index is 2.73. The summed E-state index contributed by atoms with van der Waals surface area (Å²) in [5, 5.41) is 9.62. The SMILES string of the molecule is CC(C)C(C(C)O)C1CCS(=O)(=O)C1. The Morgan fingerprint density at radius 1 is 1.29 bits per heavy atom. The molecule has 3 unspecified atom stereocenters. The summed E-state index contributed by atoms with van der Waals surface area (Å²) in [4.78, 5) is 0. The second-order valence-corrected chi connectivity index (χ2v) is 6.95. The molecule has 0 aromatic carbocycles. The van der Waals surface area contributed by atoms with Crippen LogP contribution in [0.25, 0.3) is 0 Å². The van der Waals surface area contributed by atoms with Crippen LogP contribution < -0.4 is 0 Å². The van der Waals surface area contributed by atoms with Crippen LogP contribution in [0, 0.1) is 17.8 Å². The third kappa shape index (κ3) is 2.70. The van der Waals surface area contributed by atoms with Crippen LogP contribution in [0.2, 0.25) is 0 Å². The van der Waals surface area contributed by atoms with Crippen LogP contribution >= 0.6 is 0 Å². The molecule has 0 radical (unpaired) electrons. The Bertz CT molecular complexity index is 272. The molecule has 0 amide bonds. The quantitative estimate of drug-likeness (QED) is 0.774. The van der Waals surface area contributed by atoms with Crippen molar-refractivity contribution in [2.75, 3.05) is 11.5 Å². The molecule has 3 atom stereocenters. The van der Waals surface area contributed by atoms with E-state index < -0.39 is 15.9 Å². The van der Waals surface area contributed by atoms with Crippen LogP contribution in [-0.2, 0) is 9.84 Å². The monoisotopic (exact) mass is 220 g/mol. The van der Waals surface area contributed by atoms with Gasteiger partial charge in [0.25, 0.3) is 0 Å². The van der Waals surface area contributed by atoms with Crippen molar-refractivity contribution >= 4 is 9.84 Å². The molecular formula is C10H20O3S. The molecule has 0 spiro atoms. The van der Waals surface area contributed by atoms with Gasteiger partial charge in [-0.3, -0.25) is 0 Å². The van der Waals surface area contributed by atoms with Gasteiger partial charge in [0.1, 0.15) is 0 Å². The highest BCUT2D eigenvalue weighted by Crippen LogP contribution is 2.32. The van der Waals surface area contributed by atoms with Gasteiger partial charge >= 0.3 is 0 Å². The third-order valence-electron chi connectivity index (χ3n) is 3.14. The Labute approximate surface area is 86.4 Å². The maximum atomic E-state index is 11.3. The van der Waals surface area contributed by atoms with Gasteiger partial charge in [0.15, 0.2) is 9.84 Å². The van der Waals surface area contributed by atoms with Crippen LogP contribution in [0.4, 0.5) is 0 Å². The van der Waals surface area contributed by atoms with E-state index in [1.165, 1.54) is 0 Å². The Kier molecular flexibility index (Phi) is 3.58. The molecule has 1 aliphatic rings. The summed E-state index contributed by atoms with van der Waals surface area (Å²) in [5.41, 5.74) is 0. The van der Waals surface area contributed by atoms with Gasteiger partial charge in [-0.1, -0.05) is 13.8 Å². The maximum Gasteiger partial charge on any atom is 0.150 e. The lowest BCUT2D eigenvalue weighted by molar-refractivity contribution is 0.0646. The molecule has 1 rings (SSSR count). The van der Waals surface area contributed by atoms with Gasteiger partial charge in [-0.25, -0.2) is 8.42 Å². The molecule has 1 saturated heterocycles. The average Bonchev–Trinajstić information content (AvgIpc) is 2.28. The highest BCUT2D eigenvalue weighted by molar-refractivity contribution is 7.91. The molecule has 1 N–H and O–H groups in total. The minimum absolute atomic E-state index is 0.118. The summed E-state index contributed by atoms with van der Waals surface area (Å²) in [6.07, 6.45) is 0.309. The predicted octanol–water partition coefficient (Wildman–Crippen LogP) is 1.07. The lowest BCUT2D eigenvalue weighted by Gasteiger charge is -2.28. The molecule has 3 nitrogen and oxygen atoms in total. The van der Waals surface area contributed by atoms with E-state index in [9.17, 15) is 13.5 Å². The van der Waals surface area contributed by atoms with E-state index >= 15 is 0 Å². The molecule has 0 aromatic heterocycles. The van der Waals surface area contributed by atoms with E-state index in [-0.39, 0.29) is 17.6 Å². The molecule has 14 heavy (non-hydrogen) atoms. The highest BCUT2D eigenvalue weighted by Gasteiger charge is 2.36. The van der Waals surface area contributed by atoms with Gasteiger partial charge in [-0.15, -0.1) is 0 Å². The van der Waals surface area contributed by atoms with E-state index in [4.69, 9.17) is 0 Å². The van der Waals surface area contributed by atoms with E-state index in [1.807, 2.05) is 13.8 Å². The molecule has 0 aromatic rings. The molecule has 1 fully saturated rings. The van der Waals surface area contributed by atoms with Crippen molar-refractivity contribution in [3.63, 3.8) is 0 Å². The standard InChI is InChI=1S/C10H20O3S/c1-7(2)10(8(3)11)9-4-5-14(12,13)6-9/h7-11H,4-6H2,1-3H3. The van der Waals surface area contributed by atoms with Crippen molar-refractivity contribution in [3.05, 3.63) is 0 Å². The van der Waals surface area contributed by atoms with Crippen molar-refractivity contribution in [2.24, 2.45) is 17.8 Å². The first-order valence-corrected chi connectivity index (χ1v) is 7.04. The Hall–Kier alpha value is -0.0900. The Morgan fingerprint density at radius 2 is 1.86 bits per heavy atom. The number of aliphatic hydroxyl groups is 1. The fourth-order valence-electron chi connectivity index (χ4n) is 2.62. The van der Waals surface area contributed by atoms with Crippen molar-refractivity contribution < 1.29 is 13.5 Å². The lowest BCUT2D eigenvalue weighted by Crippen LogP contribution is -2.31. The van der Waals surface area contributed by atoms with Gasteiger partial charge in [0.2, 0.25) is 0 Å².